The molecule has 1 amide bonds. The maximum absolute atomic E-state index is 11.6. The van der Waals surface area contributed by atoms with E-state index in [-0.39, 0.29) is 11.7 Å². The van der Waals surface area contributed by atoms with Gasteiger partial charge in [0.05, 0.1) is 0 Å². The Kier molecular flexibility index (Phi) is 2.96. The molecule has 1 aliphatic carbocycles. The molecule has 2 rings (SSSR count). The van der Waals surface area contributed by atoms with Crippen molar-refractivity contribution in [1.29, 1.82) is 0 Å². The molecule has 2 aliphatic rings. The third kappa shape index (κ3) is 2.77. The monoisotopic (exact) mass is 223 g/mol. The lowest BCUT2D eigenvalue weighted by molar-refractivity contribution is 0.0212. The van der Waals surface area contributed by atoms with Crippen molar-refractivity contribution in [2.75, 3.05) is 13.1 Å². The van der Waals surface area contributed by atoms with Crippen LogP contribution in [0.15, 0.2) is 11.6 Å². The predicted octanol–water partition coefficient (Wildman–Crippen LogP) is 2.96. The van der Waals surface area contributed by atoms with E-state index in [1.807, 2.05) is 20.8 Å². The molecule has 0 aromatic heterocycles. The van der Waals surface area contributed by atoms with Crippen LogP contribution in [-0.4, -0.2) is 29.7 Å². The second kappa shape index (κ2) is 4.11. The summed E-state index contributed by atoms with van der Waals surface area (Å²) >= 11 is 0. The molecule has 1 saturated carbocycles. The van der Waals surface area contributed by atoms with Gasteiger partial charge in [0, 0.05) is 13.1 Å². The molecule has 0 N–H and O–H groups in total. The fraction of sp³-hybridized carbons (Fsp3) is 0.769. The van der Waals surface area contributed by atoms with Gasteiger partial charge in [0.25, 0.3) is 0 Å². The SMILES string of the molecule is CC(C)(C)OC(=O)N1CC(=CC2CCC2)C1. The Labute approximate surface area is 97.5 Å². The van der Waals surface area contributed by atoms with E-state index in [1.54, 1.807) is 4.90 Å². The van der Waals surface area contributed by atoms with Crippen LogP contribution in [0.5, 0.6) is 0 Å². The second-order valence-corrected chi connectivity index (χ2v) is 5.85. The molecule has 1 heterocycles. The molecule has 0 bridgehead atoms. The standard InChI is InChI=1S/C13H21NO2/c1-13(2,3)16-12(15)14-8-11(9-14)7-10-5-4-6-10/h7,10H,4-6,8-9H2,1-3H3. The van der Waals surface area contributed by atoms with E-state index in [4.69, 9.17) is 4.74 Å². The minimum atomic E-state index is -0.384. The van der Waals surface area contributed by atoms with Crippen molar-refractivity contribution in [3.05, 3.63) is 11.6 Å². The van der Waals surface area contributed by atoms with Gasteiger partial charge < -0.3 is 9.64 Å². The zero-order chi connectivity index (χ0) is 11.8. The van der Waals surface area contributed by atoms with Gasteiger partial charge >= 0.3 is 6.09 Å². The highest BCUT2D eigenvalue weighted by atomic mass is 16.6. The molecule has 0 aromatic rings. The number of likely N-dealkylation sites (tertiary alicyclic amines) is 1. The maximum Gasteiger partial charge on any atom is 0.410 e. The van der Waals surface area contributed by atoms with E-state index < -0.39 is 0 Å². The lowest BCUT2D eigenvalue weighted by atomic mass is 9.83. The average molecular weight is 223 g/mol. The molecule has 3 nitrogen and oxygen atoms in total. The highest BCUT2D eigenvalue weighted by molar-refractivity contribution is 5.70. The van der Waals surface area contributed by atoms with E-state index in [2.05, 4.69) is 6.08 Å². The highest BCUT2D eigenvalue weighted by Crippen LogP contribution is 2.30. The van der Waals surface area contributed by atoms with Crippen LogP contribution in [0.25, 0.3) is 0 Å². The van der Waals surface area contributed by atoms with Gasteiger partial charge in [-0.1, -0.05) is 12.5 Å². The van der Waals surface area contributed by atoms with Crippen molar-refractivity contribution in [2.45, 2.75) is 45.6 Å². The molecule has 3 heteroatoms. The van der Waals surface area contributed by atoms with Crippen LogP contribution < -0.4 is 0 Å². The largest absolute Gasteiger partial charge is 0.444 e. The number of hydrogen-bond donors (Lipinski definition) is 0. The first-order valence-electron chi connectivity index (χ1n) is 6.11. The summed E-state index contributed by atoms with van der Waals surface area (Å²) in [5, 5.41) is 0. The van der Waals surface area contributed by atoms with Gasteiger partial charge in [-0.15, -0.1) is 0 Å². The van der Waals surface area contributed by atoms with Gasteiger partial charge in [0.15, 0.2) is 0 Å². The summed E-state index contributed by atoms with van der Waals surface area (Å²) in [6.45, 7) is 7.23. The minimum absolute atomic E-state index is 0.182. The predicted molar refractivity (Wildman–Crippen MR) is 63.2 cm³/mol. The third-order valence-corrected chi connectivity index (χ3v) is 3.06. The first-order valence-corrected chi connectivity index (χ1v) is 6.11. The average Bonchev–Trinajstić information content (AvgIpc) is 1.93. The summed E-state index contributed by atoms with van der Waals surface area (Å²) in [5.74, 6) is 0.788. The summed E-state index contributed by atoms with van der Waals surface area (Å²) in [7, 11) is 0. The first-order chi connectivity index (χ1) is 7.44. The normalized spacial score (nSPS) is 21.2. The van der Waals surface area contributed by atoms with Crippen molar-refractivity contribution in [1.82, 2.24) is 4.90 Å². The fourth-order valence-corrected chi connectivity index (χ4v) is 1.94. The Bertz CT molecular complexity index is 302. The van der Waals surface area contributed by atoms with Gasteiger partial charge in [-0.3, -0.25) is 0 Å². The molecular formula is C13H21NO2. The maximum atomic E-state index is 11.6. The van der Waals surface area contributed by atoms with Crippen molar-refractivity contribution in [3.8, 4) is 0 Å². The van der Waals surface area contributed by atoms with Crippen molar-refractivity contribution >= 4 is 6.09 Å². The van der Waals surface area contributed by atoms with Crippen molar-refractivity contribution in [2.24, 2.45) is 5.92 Å². The number of carbonyl (C=O) groups is 1. The van der Waals surface area contributed by atoms with Crippen LogP contribution in [0.1, 0.15) is 40.0 Å². The fourth-order valence-electron chi connectivity index (χ4n) is 1.94. The number of allylic oxidation sites excluding steroid dienone is 1. The van der Waals surface area contributed by atoms with E-state index in [0.29, 0.717) is 0 Å². The molecule has 1 aliphatic heterocycles. The zero-order valence-electron chi connectivity index (χ0n) is 10.5. The Morgan fingerprint density at radius 3 is 2.44 bits per heavy atom. The van der Waals surface area contributed by atoms with Crippen molar-refractivity contribution in [3.63, 3.8) is 0 Å². The molecule has 0 spiro atoms. The van der Waals surface area contributed by atoms with E-state index in [0.717, 1.165) is 19.0 Å². The van der Waals surface area contributed by atoms with Crippen molar-refractivity contribution < 1.29 is 9.53 Å². The molecule has 1 saturated heterocycles. The van der Waals surface area contributed by atoms with Crippen LogP contribution in [0, 0.1) is 5.92 Å². The molecular weight excluding hydrogens is 202 g/mol. The van der Waals surface area contributed by atoms with Crippen LogP contribution in [0.2, 0.25) is 0 Å². The second-order valence-electron chi connectivity index (χ2n) is 5.85. The zero-order valence-corrected chi connectivity index (χ0v) is 10.5. The van der Waals surface area contributed by atoms with Crippen LogP contribution in [-0.2, 0) is 4.74 Å². The van der Waals surface area contributed by atoms with Crippen LogP contribution >= 0.6 is 0 Å². The first kappa shape index (κ1) is 11.5. The lowest BCUT2D eigenvalue weighted by Gasteiger charge is -2.37. The van der Waals surface area contributed by atoms with Gasteiger partial charge in [-0.05, 0) is 45.1 Å². The number of hydrogen-bond acceptors (Lipinski definition) is 2. The van der Waals surface area contributed by atoms with Crippen LogP contribution in [0.4, 0.5) is 4.79 Å². The highest BCUT2D eigenvalue weighted by Gasteiger charge is 2.30. The molecule has 0 aromatic carbocycles. The summed E-state index contributed by atoms with van der Waals surface area (Å²) in [4.78, 5) is 13.4. The minimum Gasteiger partial charge on any atom is -0.444 e. The number of rotatable bonds is 1. The van der Waals surface area contributed by atoms with E-state index in [1.165, 1.54) is 24.8 Å². The Morgan fingerprint density at radius 2 is 2.00 bits per heavy atom. The Morgan fingerprint density at radius 1 is 1.38 bits per heavy atom. The Balaban J connectivity index is 1.75. The van der Waals surface area contributed by atoms with Gasteiger partial charge in [-0.2, -0.15) is 0 Å². The number of carbonyl (C=O) groups excluding carboxylic acids is 1. The summed E-state index contributed by atoms with van der Waals surface area (Å²) < 4.78 is 5.30. The quantitative estimate of drug-likeness (QED) is 0.640. The summed E-state index contributed by atoms with van der Waals surface area (Å²) in [5.41, 5.74) is 1.01. The molecule has 90 valence electrons. The Hall–Kier alpha value is -0.990. The molecule has 2 fully saturated rings. The molecule has 0 unspecified atom stereocenters. The molecule has 0 atom stereocenters. The number of nitrogens with zero attached hydrogens (tertiary/aromatic N) is 1. The number of amides is 1. The number of ether oxygens (including phenoxy) is 1. The van der Waals surface area contributed by atoms with Gasteiger partial charge in [0.1, 0.15) is 5.60 Å². The van der Waals surface area contributed by atoms with Crippen LogP contribution in [0.3, 0.4) is 0 Å². The summed E-state index contributed by atoms with van der Waals surface area (Å²) in [6, 6.07) is 0. The summed E-state index contributed by atoms with van der Waals surface area (Å²) in [6.07, 6.45) is 6.19. The van der Waals surface area contributed by atoms with Gasteiger partial charge in [-0.25, -0.2) is 4.79 Å². The molecule has 0 radical (unpaired) electrons. The lowest BCUT2D eigenvalue weighted by Crippen LogP contribution is -2.47. The third-order valence-electron chi connectivity index (χ3n) is 3.06. The van der Waals surface area contributed by atoms with E-state index in [9.17, 15) is 4.79 Å². The smallest absolute Gasteiger partial charge is 0.410 e. The topological polar surface area (TPSA) is 29.5 Å². The van der Waals surface area contributed by atoms with E-state index >= 15 is 0 Å². The van der Waals surface area contributed by atoms with Gasteiger partial charge in [0.2, 0.25) is 0 Å². The molecule has 16 heavy (non-hydrogen) atoms.